The van der Waals surface area contributed by atoms with Crippen molar-refractivity contribution in [2.24, 2.45) is 10.9 Å². The molecular weight excluding hydrogens is 419 g/mol. The first-order chi connectivity index (χ1) is 14.9. The number of ether oxygens (including phenoxy) is 1. The van der Waals surface area contributed by atoms with E-state index in [0.29, 0.717) is 30.3 Å². The van der Waals surface area contributed by atoms with Gasteiger partial charge in [0.15, 0.2) is 0 Å². The van der Waals surface area contributed by atoms with E-state index >= 15 is 0 Å². The van der Waals surface area contributed by atoms with Crippen molar-refractivity contribution in [2.75, 3.05) is 25.5 Å². The molecule has 0 bridgehead atoms. The van der Waals surface area contributed by atoms with E-state index in [4.69, 9.17) is 16.3 Å². The summed E-state index contributed by atoms with van der Waals surface area (Å²) in [7, 11) is 1.81. The Morgan fingerprint density at radius 1 is 1.39 bits per heavy atom. The zero-order valence-electron chi connectivity index (χ0n) is 17.7. The molecule has 0 radical (unpaired) electrons. The van der Waals surface area contributed by atoms with E-state index in [0.717, 1.165) is 11.3 Å². The summed E-state index contributed by atoms with van der Waals surface area (Å²) in [6.45, 7) is 4.94. The second-order valence-corrected chi connectivity index (χ2v) is 7.53. The maximum absolute atomic E-state index is 13.5. The van der Waals surface area contributed by atoms with Crippen LogP contribution in [0.5, 0.6) is 0 Å². The molecule has 164 valence electrons. The third kappa shape index (κ3) is 5.62. The van der Waals surface area contributed by atoms with Gasteiger partial charge in [-0.3, -0.25) is 9.79 Å². The third-order valence-electron chi connectivity index (χ3n) is 4.78. The number of hydrogen-bond donors (Lipinski definition) is 3. The number of nitrogens with zero attached hydrogens (tertiary/aromatic N) is 1. The third-order valence-corrected chi connectivity index (χ3v) is 5.07. The summed E-state index contributed by atoms with van der Waals surface area (Å²) < 4.78 is 19.3. The maximum Gasteiger partial charge on any atom is 0.248 e. The SMILES string of the molecule is CCOC1=CC2N=CC(C)C(Nc3ccc(F)c(Cl)c3)=C2C=C1NC(=O)C=CCNC. The van der Waals surface area contributed by atoms with Gasteiger partial charge in [-0.25, -0.2) is 4.39 Å². The Hall–Kier alpha value is -2.90. The lowest BCUT2D eigenvalue weighted by Gasteiger charge is -2.30. The molecule has 0 saturated carbocycles. The number of halogens is 2. The molecule has 8 heteroatoms. The fourth-order valence-corrected chi connectivity index (χ4v) is 3.49. The number of hydrogen-bond acceptors (Lipinski definition) is 5. The molecule has 1 heterocycles. The van der Waals surface area contributed by atoms with Crippen LogP contribution in [0.25, 0.3) is 0 Å². The van der Waals surface area contributed by atoms with Gasteiger partial charge in [-0.05, 0) is 44.3 Å². The summed E-state index contributed by atoms with van der Waals surface area (Å²) >= 11 is 5.94. The average molecular weight is 445 g/mol. The lowest BCUT2D eigenvalue weighted by atomic mass is 9.90. The molecule has 0 fully saturated rings. The standard InChI is InChI=1S/C23H26ClFN4O2/c1-4-31-21-12-19-16(11-20(21)29-22(30)6-5-9-26-3)23(14(2)13-27-19)28-15-7-8-18(25)17(24)10-15/h5-8,10-14,19,26,28H,4,9H2,1-3H3,(H,29,30). The van der Waals surface area contributed by atoms with E-state index in [1.54, 1.807) is 18.2 Å². The molecule has 2 atom stereocenters. The number of nitrogens with one attached hydrogen (secondary N) is 3. The lowest BCUT2D eigenvalue weighted by molar-refractivity contribution is -0.115. The summed E-state index contributed by atoms with van der Waals surface area (Å²) in [5.74, 6) is -0.166. The number of aliphatic imine (C=N–C) groups is 1. The predicted molar refractivity (Wildman–Crippen MR) is 123 cm³/mol. The Morgan fingerprint density at radius 3 is 2.90 bits per heavy atom. The van der Waals surface area contributed by atoms with E-state index < -0.39 is 5.82 Å². The van der Waals surface area contributed by atoms with Crippen LogP contribution in [0.1, 0.15) is 13.8 Å². The fraction of sp³-hybridized carbons (Fsp3) is 0.304. The van der Waals surface area contributed by atoms with Crippen molar-refractivity contribution in [2.45, 2.75) is 19.9 Å². The van der Waals surface area contributed by atoms with E-state index in [1.807, 2.05) is 39.3 Å². The number of fused-ring (bicyclic) bond motifs is 1. The molecule has 1 aromatic rings. The highest BCUT2D eigenvalue weighted by Crippen LogP contribution is 2.33. The van der Waals surface area contributed by atoms with Gasteiger partial charge >= 0.3 is 0 Å². The number of carbonyl (C=O) groups excluding carboxylic acids is 1. The molecule has 1 amide bonds. The molecule has 2 aliphatic rings. The van der Waals surface area contributed by atoms with Gasteiger partial charge in [-0.1, -0.05) is 24.6 Å². The Kier molecular flexibility index (Phi) is 7.65. The van der Waals surface area contributed by atoms with Crippen LogP contribution in [0.4, 0.5) is 10.1 Å². The van der Waals surface area contributed by atoms with Gasteiger partial charge in [0.25, 0.3) is 0 Å². The minimum absolute atomic E-state index is 0.0131. The van der Waals surface area contributed by atoms with Crippen LogP contribution < -0.4 is 16.0 Å². The molecule has 0 aromatic heterocycles. The number of benzene rings is 1. The van der Waals surface area contributed by atoms with Crippen molar-refractivity contribution < 1.29 is 13.9 Å². The number of amides is 1. The van der Waals surface area contributed by atoms with Crippen LogP contribution in [0, 0.1) is 11.7 Å². The lowest BCUT2D eigenvalue weighted by Crippen LogP contribution is -2.30. The van der Waals surface area contributed by atoms with E-state index in [-0.39, 0.29) is 22.9 Å². The molecule has 0 spiro atoms. The molecule has 31 heavy (non-hydrogen) atoms. The first-order valence-electron chi connectivity index (χ1n) is 10.1. The number of allylic oxidation sites excluding steroid dienone is 1. The summed E-state index contributed by atoms with van der Waals surface area (Å²) in [5, 5.41) is 9.24. The van der Waals surface area contributed by atoms with E-state index in [1.165, 1.54) is 12.1 Å². The fourth-order valence-electron chi connectivity index (χ4n) is 3.31. The van der Waals surface area contributed by atoms with Crippen LogP contribution in [-0.2, 0) is 9.53 Å². The molecule has 1 aliphatic heterocycles. The first-order valence-corrected chi connectivity index (χ1v) is 10.5. The van der Waals surface area contributed by atoms with Crippen molar-refractivity contribution >= 4 is 29.4 Å². The van der Waals surface area contributed by atoms with Gasteiger partial charge < -0.3 is 20.7 Å². The van der Waals surface area contributed by atoms with Crippen LogP contribution in [0.15, 0.2) is 70.2 Å². The predicted octanol–water partition coefficient (Wildman–Crippen LogP) is 3.94. The molecule has 0 saturated heterocycles. The summed E-state index contributed by atoms with van der Waals surface area (Å²) in [5.41, 5.74) is 3.02. The van der Waals surface area contributed by atoms with Gasteiger partial charge in [0.1, 0.15) is 11.6 Å². The highest BCUT2D eigenvalue weighted by atomic mass is 35.5. The van der Waals surface area contributed by atoms with Gasteiger partial charge in [0.05, 0.1) is 23.4 Å². The van der Waals surface area contributed by atoms with Crippen molar-refractivity contribution in [1.82, 2.24) is 10.6 Å². The molecular formula is C23H26ClFN4O2. The Balaban J connectivity index is 1.95. The Bertz CT molecular complexity index is 997. The Morgan fingerprint density at radius 2 is 2.19 bits per heavy atom. The normalized spacial score (nSPS) is 20.3. The molecule has 6 nitrogen and oxygen atoms in total. The second-order valence-electron chi connectivity index (χ2n) is 7.13. The largest absolute Gasteiger partial charge is 0.492 e. The van der Waals surface area contributed by atoms with Crippen LogP contribution >= 0.6 is 11.6 Å². The average Bonchev–Trinajstić information content (AvgIpc) is 2.74. The summed E-state index contributed by atoms with van der Waals surface area (Å²) in [6.07, 6.45) is 8.83. The molecule has 1 aliphatic carbocycles. The van der Waals surface area contributed by atoms with E-state index in [9.17, 15) is 9.18 Å². The van der Waals surface area contributed by atoms with Gasteiger partial charge in [0, 0.05) is 41.7 Å². The van der Waals surface area contributed by atoms with Gasteiger partial charge in [-0.15, -0.1) is 0 Å². The highest BCUT2D eigenvalue weighted by molar-refractivity contribution is 6.31. The first kappa shape index (κ1) is 22.8. The molecule has 3 N–H and O–H groups in total. The number of anilines is 1. The van der Waals surface area contributed by atoms with Crippen LogP contribution in [0.3, 0.4) is 0 Å². The Labute approximate surface area is 186 Å². The number of carbonyl (C=O) groups is 1. The monoisotopic (exact) mass is 444 g/mol. The highest BCUT2D eigenvalue weighted by Gasteiger charge is 2.28. The van der Waals surface area contributed by atoms with Crippen LogP contribution in [0.2, 0.25) is 5.02 Å². The van der Waals surface area contributed by atoms with Crippen molar-refractivity contribution in [3.8, 4) is 0 Å². The summed E-state index contributed by atoms with van der Waals surface area (Å²) in [4.78, 5) is 17.0. The minimum atomic E-state index is -0.473. The number of dihydropyridines is 1. The van der Waals surface area contributed by atoms with Crippen LogP contribution in [-0.4, -0.2) is 38.4 Å². The van der Waals surface area contributed by atoms with Gasteiger partial charge in [0.2, 0.25) is 5.91 Å². The molecule has 2 unspecified atom stereocenters. The topological polar surface area (TPSA) is 74.8 Å². The van der Waals surface area contributed by atoms with Gasteiger partial charge in [-0.2, -0.15) is 0 Å². The molecule has 1 aromatic carbocycles. The number of rotatable bonds is 8. The maximum atomic E-state index is 13.5. The van der Waals surface area contributed by atoms with Crippen molar-refractivity contribution in [3.05, 3.63) is 76.1 Å². The van der Waals surface area contributed by atoms with E-state index in [2.05, 4.69) is 20.9 Å². The number of likely N-dealkylation sites (N-methyl/N-ethyl adjacent to an activating group) is 1. The zero-order valence-corrected chi connectivity index (χ0v) is 18.5. The molecule has 3 rings (SSSR count). The zero-order chi connectivity index (χ0) is 22.4. The quantitative estimate of drug-likeness (QED) is 0.531. The smallest absolute Gasteiger partial charge is 0.248 e. The minimum Gasteiger partial charge on any atom is -0.492 e. The summed E-state index contributed by atoms with van der Waals surface area (Å²) in [6, 6.07) is 4.24. The van der Waals surface area contributed by atoms with Crippen molar-refractivity contribution in [1.29, 1.82) is 0 Å². The van der Waals surface area contributed by atoms with Crippen molar-refractivity contribution in [3.63, 3.8) is 0 Å². The second kappa shape index (κ2) is 10.4.